The summed E-state index contributed by atoms with van der Waals surface area (Å²) in [5.41, 5.74) is 2.32. The lowest BCUT2D eigenvalue weighted by atomic mass is 10.1. The molecule has 1 fully saturated rings. The van der Waals surface area contributed by atoms with Gasteiger partial charge in [-0.25, -0.2) is 0 Å². The fraction of sp³-hybridized carbons (Fsp3) is 0.211. The molecule has 132 valence electrons. The smallest absolute Gasteiger partial charge is 0.276 e. The number of aromatic nitrogens is 2. The molecule has 7 heteroatoms. The Kier molecular flexibility index (Phi) is 4.62. The summed E-state index contributed by atoms with van der Waals surface area (Å²) in [5, 5.41) is 10.6. The van der Waals surface area contributed by atoms with Crippen LogP contribution in [0.2, 0.25) is 0 Å². The molecule has 0 bridgehead atoms. The van der Waals surface area contributed by atoms with Crippen LogP contribution in [0.15, 0.2) is 48.5 Å². The van der Waals surface area contributed by atoms with Crippen molar-refractivity contribution in [3.8, 4) is 0 Å². The average Bonchev–Trinajstić information content (AvgIpc) is 3.12. The molecule has 1 aliphatic rings. The first-order chi connectivity index (χ1) is 12.7. The number of hydrogen-bond acceptors (Lipinski definition) is 4. The Morgan fingerprint density at radius 3 is 2.73 bits per heavy atom. The van der Waals surface area contributed by atoms with Crippen molar-refractivity contribution < 1.29 is 9.59 Å². The Morgan fingerprint density at radius 2 is 1.88 bits per heavy atom. The highest BCUT2D eigenvalue weighted by molar-refractivity contribution is 7.99. The zero-order chi connectivity index (χ0) is 17.9. The van der Waals surface area contributed by atoms with E-state index in [0.29, 0.717) is 16.9 Å². The predicted molar refractivity (Wildman–Crippen MR) is 104 cm³/mol. The van der Waals surface area contributed by atoms with Crippen molar-refractivity contribution >= 4 is 40.2 Å². The van der Waals surface area contributed by atoms with E-state index in [2.05, 4.69) is 15.5 Å². The van der Waals surface area contributed by atoms with E-state index in [1.54, 1.807) is 24.3 Å². The van der Waals surface area contributed by atoms with E-state index >= 15 is 0 Å². The van der Waals surface area contributed by atoms with Crippen LogP contribution in [0.3, 0.4) is 0 Å². The van der Waals surface area contributed by atoms with Crippen LogP contribution >= 0.6 is 11.8 Å². The van der Waals surface area contributed by atoms with Gasteiger partial charge < -0.3 is 10.2 Å². The molecule has 6 nitrogen and oxygen atoms in total. The molecule has 0 atom stereocenters. The van der Waals surface area contributed by atoms with E-state index in [1.165, 1.54) is 0 Å². The molecule has 0 radical (unpaired) electrons. The maximum Gasteiger partial charge on any atom is 0.276 e. The third kappa shape index (κ3) is 3.30. The van der Waals surface area contributed by atoms with Crippen LogP contribution in [0.1, 0.15) is 20.8 Å². The monoisotopic (exact) mass is 366 g/mol. The first-order valence-electron chi connectivity index (χ1n) is 8.44. The topological polar surface area (TPSA) is 78.1 Å². The predicted octanol–water partition coefficient (Wildman–Crippen LogP) is 3.00. The van der Waals surface area contributed by atoms with Crippen molar-refractivity contribution in [3.05, 3.63) is 59.8 Å². The van der Waals surface area contributed by atoms with E-state index in [0.717, 1.165) is 35.5 Å². The van der Waals surface area contributed by atoms with Crippen LogP contribution in [0, 0.1) is 0 Å². The van der Waals surface area contributed by atoms with Gasteiger partial charge in [0.25, 0.3) is 11.8 Å². The Labute approximate surface area is 155 Å². The van der Waals surface area contributed by atoms with Gasteiger partial charge >= 0.3 is 0 Å². The Bertz CT molecular complexity index is 963. The largest absolute Gasteiger partial charge is 0.337 e. The second-order valence-corrected chi connectivity index (χ2v) is 7.28. The minimum atomic E-state index is -0.304. The zero-order valence-corrected chi connectivity index (χ0v) is 14.9. The first-order valence-corrected chi connectivity index (χ1v) is 9.59. The van der Waals surface area contributed by atoms with Crippen LogP contribution in [0.4, 0.5) is 5.69 Å². The molecule has 2 amide bonds. The summed E-state index contributed by atoms with van der Waals surface area (Å²) in [6, 6.07) is 14.5. The number of fused-ring (bicyclic) bond motifs is 1. The molecule has 1 saturated heterocycles. The summed E-state index contributed by atoms with van der Waals surface area (Å²) in [7, 11) is 0. The number of H-pyrrole nitrogens is 1. The van der Waals surface area contributed by atoms with Gasteiger partial charge in [0.1, 0.15) is 0 Å². The lowest BCUT2D eigenvalue weighted by Crippen LogP contribution is -2.37. The SMILES string of the molecule is O=C(Nc1cccc(C(=O)N2CCSCC2)c1)c1n[nH]c2ccccc12. The molecule has 1 aliphatic heterocycles. The Balaban J connectivity index is 1.53. The highest BCUT2D eigenvalue weighted by atomic mass is 32.2. The fourth-order valence-corrected chi connectivity index (χ4v) is 3.91. The van der Waals surface area contributed by atoms with Gasteiger partial charge in [0.15, 0.2) is 5.69 Å². The number of carbonyl (C=O) groups excluding carboxylic acids is 2. The van der Waals surface area contributed by atoms with Gasteiger partial charge in [-0.05, 0) is 24.3 Å². The second-order valence-electron chi connectivity index (χ2n) is 6.06. The number of thioether (sulfide) groups is 1. The molecule has 0 unspecified atom stereocenters. The van der Waals surface area contributed by atoms with E-state index in [9.17, 15) is 9.59 Å². The molecule has 2 N–H and O–H groups in total. The molecule has 3 aromatic rings. The molecule has 0 saturated carbocycles. The quantitative estimate of drug-likeness (QED) is 0.747. The summed E-state index contributed by atoms with van der Waals surface area (Å²) in [6.07, 6.45) is 0. The van der Waals surface area contributed by atoms with Crippen molar-refractivity contribution in [1.82, 2.24) is 15.1 Å². The van der Waals surface area contributed by atoms with Gasteiger partial charge in [0, 0.05) is 41.2 Å². The summed E-state index contributed by atoms with van der Waals surface area (Å²) >= 11 is 1.86. The third-order valence-electron chi connectivity index (χ3n) is 4.35. The molecule has 1 aromatic heterocycles. The van der Waals surface area contributed by atoms with Gasteiger partial charge in [0.05, 0.1) is 5.52 Å². The van der Waals surface area contributed by atoms with Crippen LogP contribution < -0.4 is 5.32 Å². The summed E-state index contributed by atoms with van der Waals surface area (Å²) in [5.74, 6) is 1.64. The molecular weight excluding hydrogens is 348 g/mol. The summed E-state index contributed by atoms with van der Waals surface area (Å²) < 4.78 is 0. The van der Waals surface area contributed by atoms with E-state index in [1.807, 2.05) is 40.9 Å². The maximum absolute atomic E-state index is 12.6. The number of benzene rings is 2. The van der Waals surface area contributed by atoms with Crippen LogP contribution in [-0.2, 0) is 0 Å². The van der Waals surface area contributed by atoms with Crippen LogP contribution in [-0.4, -0.2) is 51.5 Å². The van der Waals surface area contributed by atoms with Gasteiger partial charge in [-0.3, -0.25) is 14.7 Å². The van der Waals surface area contributed by atoms with Gasteiger partial charge in [-0.2, -0.15) is 16.9 Å². The molecule has 0 spiro atoms. The standard InChI is InChI=1S/C19H18N4O2S/c24-18(17-15-6-1-2-7-16(15)21-22-17)20-14-5-3-4-13(12-14)19(25)23-8-10-26-11-9-23/h1-7,12H,8-11H2,(H,20,24)(H,21,22). The molecule has 0 aliphatic carbocycles. The zero-order valence-electron chi connectivity index (χ0n) is 14.1. The van der Waals surface area contributed by atoms with Gasteiger partial charge in [-0.15, -0.1) is 0 Å². The molecular formula is C19H18N4O2S. The number of carbonyl (C=O) groups is 2. The van der Waals surface area contributed by atoms with Crippen LogP contribution in [0.25, 0.3) is 10.9 Å². The lowest BCUT2D eigenvalue weighted by molar-refractivity contribution is 0.0772. The lowest BCUT2D eigenvalue weighted by Gasteiger charge is -2.26. The number of para-hydroxylation sites is 1. The summed E-state index contributed by atoms with van der Waals surface area (Å²) in [4.78, 5) is 27.1. The number of anilines is 1. The first kappa shape index (κ1) is 16.7. The molecule has 26 heavy (non-hydrogen) atoms. The number of nitrogens with one attached hydrogen (secondary N) is 2. The highest BCUT2D eigenvalue weighted by Crippen LogP contribution is 2.19. The Hall–Kier alpha value is -2.80. The van der Waals surface area contributed by atoms with E-state index < -0.39 is 0 Å². The van der Waals surface area contributed by atoms with Crippen molar-refractivity contribution in [1.29, 1.82) is 0 Å². The van der Waals surface area contributed by atoms with Crippen molar-refractivity contribution in [3.63, 3.8) is 0 Å². The number of hydrogen-bond donors (Lipinski definition) is 2. The number of amides is 2. The van der Waals surface area contributed by atoms with Gasteiger partial charge in [-0.1, -0.05) is 24.3 Å². The number of nitrogens with zero attached hydrogens (tertiary/aromatic N) is 2. The summed E-state index contributed by atoms with van der Waals surface area (Å²) in [6.45, 7) is 1.53. The maximum atomic E-state index is 12.6. The average molecular weight is 366 g/mol. The van der Waals surface area contributed by atoms with E-state index in [-0.39, 0.29) is 11.8 Å². The van der Waals surface area contributed by atoms with Gasteiger partial charge in [0.2, 0.25) is 0 Å². The number of rotatable bonds is 3. The highest BCUT2D eigenvalue weighted by Gasteiger charge is 2.19. The van der Waals surface area contributed by atoms with Crippen molar-refractivity contribution in [2.75, 3.05) is 29.9 Å². The van der Waals surface area contributed by atoms with Crippen molar-refractivity contribution in [2.45, 2.75) is 0 Å². The molecule has 2 aromatic carbocycles. The minimum Gasteiger partial charge on any atom is -0.337 e. The second kappa shape index (κ2) is 7.21. The minimum absolute atomic E-state index is 0.00613. The van der Waals surface area contributed by atoms with Crippen molar-refractivity contribution in [2.24, 2.45) is 0 Å². The van der Waals surface area contributed by atoms with Crippen LogP contribution in [0.5, 0.6) is 0 Å². The normalized spacial score (nSPS) is 14.4. The molecule has 2 heterocycles. The Morgan fingerprint density at radius 1 is 1.08 bits per heavy atom. The number of aromatic amines is 1. The van der Waals surface area contributed by atoms with E-state index in [4.69, 9.17) is 0 Å². The third-order valence-corrected chi connectivity index (χ3v) is 5.29. The molecule has 4 rings (SSSR count). The fourth-order valence-electron chi connectivity index (χ4n) is 3.01.